The lowest BCUT2D eigenvalue weighted by Crippen LogP contribution is -2.35. The monoisotopic (exact) mass is 791 g/mol. The molecule has 3 aromatic rings. The minimum absolute atomic E-state index is 0.0675. The number of aromatic nitrogens is 3. The quantitative estimate of drug-likeness (QED) is 0.153. The molecule has 8 heterocycles. The fraction of sp³-hybridized carbons (Fsp3) is 0.625. The third-order valence-corrected chi connectivity index (χ3v) is 12.0. The first-order chi connectivity index (χ1) is 27.2. The number of hydrogen-bond donors (Lipinski definition) is 1. The van der Waals surface area contributed by atoms with Gasteiger partial charge in [0.25, 0.3) is 0 Å². The highest BCUT2D eigenvalue weighted by Gasteiger charge is 2.32. The first-order valence-corrected chi connectivity index (χ1v) is 20.9. The molecule has 0 radical (unpaired) electrons. The molecule has 16 heteroatoms. The molecule has 56 heavy (non-hydrogen) atoms. The molecule has 304 valence electrons. The van der Waals surface area contributed by atoms with Crippen molar-refractivity contribution >= 4 is 40.7 Å². The van der Waals surface area contributed by atoms with E-state index < -0.39 is 9.85 Å². The van der Waals surface area contributed by atoms with Crippen LogP contribution >= 0.6 is 11.6 Å². The molecule has 1 aliphatic carbocycles. The molecule has 5 aliphatic heterocycles. The maximum absolute atomic E-state index is 10.8. The Morgan fingerprint density at radius 2 is 0.964 bits per heavy atom. The van der Waals surface area contributed by atoms with Gasteiger partial charge in [0.05, 0.1) is 0 Å². The maximum atomic E-state index is 10.8. The lowest BCUT2D eigenvalue weighted by molar-refractivity contribution is -0.389. The smallest absolute Gasteiger partial charge is 0.365 e. The van der Waals surface area contributed by atoms with Crippen LogP contribution in [0.2, 0.25) is 5.15 Å². The summed E-state index contributed by atoms with van der Waals surface area (Å²) in [5, 5.41) is 20.9. The van der Waals surface area contributed by atoms with Gasteiger partial charge in [0.1, 0.15) is 11.6 Å². The Hall–Kier alpha value is -4.18. The van der Waals surface area contributed by atoms with E-state index in [1.165, 1.54) is 134 Å². The van der Waals surface area contributed by atoms with Crippen LogP contribution in [-0.2, 0) is 0 Å². The van der Waals surface area contributed by atoms with Gasteiger partial charge < -0.3 is 40.7 Å². The zero-order valence-electron chi connectivity index (χ0n) is 32.5. The molecule has 0 amide bonds. The van der Waals surface area contributed by atoms with E-state index >= 15 is 0 Å². The Labute approximate surface area is 335 Å². The number of rotatable bonds is 7. The van der Waals surface area contributed by atoms with Crippen molar-refractivity contribution in [1.82, 2.24) is 29.7 Å². The van der Waals surface area contributed by atoms with E-state index in [4.69, 9.17) is 17.3 Å². The summed E-state index contributed by atoms with van der Waals surface area (Å²) < 4.78 is 0. The molecule has 6 aliphatic rings. The topological polar surface area (TPSA) is 167 Å². The van der Waals surface area contributed by atoms with Gasteiger partial charge in [0, 0.05) is 68.6 Å². The van der Waals surface area contributed by atoms with Crippen molar-refractivity contribution in [3.63, 3.8) is 0 Å². The Bertz CT molecular complexity index is 1680. The van der Waals surface area contributed by atoms with Crippen molar-refractivity contribution in [1.29, 1.82) is 0 Å². The molecule has 1 saturated carbocycles. The van der Waals surface area contributed by atoms with Crippen LogP contribution in [0.1, 0.15) is 77.0 Å². The molecular weight excluding hydrogens is 734 g/mol. The first kappa shape index (κ1) is 41.5. The van der Waals surface area contributed by atoms with Crippen molar-refractivity contribution in [3.8, 4) is 0 Å². The molecule has 15 nitrogen and oxygen atoms in total. The zero-order valence-corrected chi connectivity index (χ0v) is 33.3. The van der Waals surface area contributed by atoms with E-state index in [0.717, 1.165) is 56.3 Å². The fourth-order valence-electron chi connectivity index (χ4n) is 8.89. The third kappa shape index (κ3) is 11.9. The summed E-state index contributed by atoms with van der Waals surface area (Å²) in [7, 11) is 0. The minimum atomic E-state index is -0.591. The summed E-state index contributed by atoms with van der Waals surface area (Å²) in [5.41, 5.74) is 5.73. The van der Waals surface area contributed by atoms with Crippen LogP contribution in [0.25, 0.3) is 0 Å². The van der Waals surface area contributed by atoms with Gasteiger partial charge in [0.15, 0.2) is 0 Å². The molecule has 2 atom stereocenters. The van der Waals surface area contributed by atoms with Crippen LogP contribution in [-0.4, -0.2) is 123 Å². The van der Waals surface area contributed by atoms with Crippen LogP contribution in [0.15, 0.2) is 54.6 Å². The summed E-state index contributed by atoms with van der Waals surface area (Å²) in [6, 6.07) is 17.4. The molecule has 2 N–H and O–H groups in total. The highest BCUT2D eigenvalue weighted by molar-refractivity contribution is 6.29. The number of hydrogen-bond acceptors (Lipinski definition) is 13. The highest BCUT2D eigenvalue weighted by atomic mass is 35.5. The van der Waals surface area contributed by atoms with Gasteiger partial charge in [-0.25, -0.2) is 4.98 Å². The Morgan fingerprint density at radius 3 is 1.41 bits per heavy atom. The van der Waals surface area contributed by atoms with E-state index in [0.29, 0.717) is 11.9 Å². The lowest BCUT2D eigenvalue weighted by atomic mass is 10.2. The number of halogens is 1. The summed E-state index contributed by atoms with van der Waals surface area (Å²) in [6.07, 6.45) is 16.6. The number of anilines is 3. The minimum Gasteiger partial charge on any atom is -0.384 e. The highest BCUT2D eigenvalue weighted by Crippen LogP contribution is 2.28. The molecule has 5 saturated heterocycles. The summed E-state index contributed by atoms with van der Waals surface area (Å²) in [4.78, 5) is 44.1. The van der Waals surface area contributed by atoms with Gasteiger partial charge in [-0.05, 0) is 159 Å². The van der Waals surface area contributed by atoms with Crippen molar-refractivity contribution in [2.45, 2.75) is 95.2 Å². The van der Waals surface area contributed by atoms with Crippen LogP contribution in [0, 0.1) is 20.2 Å². The molecule has 9 rings (SSSR count). The number of nitro groups is 2. The zero-order chi connectivity index (χ0) is 39.3. The van der Waals surface area contributed by atoms with Gasteiger partial charge in [-0.1, -0.05) is 18.9 Å². The van der Waals surface area contributed by atoms with Crippen LogP contribution in [0.5, 0.6) is 0 Å². The average molecular weight is 792 g/mol. The van der Waals surface area contributed by atoms with Gasteiger partial charge in [-0.15, -0.1) is 0 Å². The number of pyridine rings is 3. The average Bonchev–Trinajstić information content (AvgIpc) is 4.06. The van der Waals surface area contributed by atoms with E-state index in [1.807, 2.05) is 18.2 Å². The summed E-state index contributed by atoms with van der Waals surface area (Å²) >= 11 is 5.37. The van der Waals surface area contributed by atoms with Crippen molar-refractivity contribution in [2.75, 3.05) is 81.0 Å². The van der Waals surface area contributed by atoms with Gasteiger partial charge in [0.2, 0.25) is 11.0 Å². The maximum Gasteiger partial charge on any atom is 0.365 e. The number of likely N-dealkylation sites (tertiary alicyclic amines) is 3. The molecule has 6 fully saturated rings. The lowest BCUT2D eigenvalue weighted by Gasteiger charge is -2.24. The van der Waals surface area contributed by atoms with E-state index in [1.54, 1.807) is 6.07 Å². The number of nitrogens with two attached hydrogens (primary N) is 1. The van der Waals surface area contributed by atoms with Crippen LogP contribution < -0.4 is 15.5 Å². The molecular formula is C40H58ClN11O4. The van der Waals surface area contributed by atoms with E-state index in [2.05, 4.69) is 45.5 Å². The van der Waals surface area contributed by atoms with E-state index in [-0.39, 0.29) is 16.8 Å². The fourth-order valence-corrected chi connectivity index (χ4v) is 9.05. The normalized spacial score (nSPS) is 22.9. The van der Waals surface area contributed by atoms with Crippen molar-refractivity contribution in [3.05, 3.63) is 80.0 Å². The first-order valence-electron chi connectivity index (χ1n) is 20.6. The Kier molecular flexibility index (Phi) is 15.4. The SMILES string of the molecule is C1CCC(N2CCCC2)C1.Nc1cccc(N2CCC(N3CCCC3)C2)n1.O=[N+]([O-])c1cccc(Cl)n1.O=[N+]([O-])c1cccc(N2CCC(N3CCCC3)C2)n1. The summed E-state index contributed by atoms with van der Waals surface area (Å²) in [6.45, 7) is 11.8. The third-order valence-electron chi connectivity index (χ3n) is 11.8. The van der Waals surface area contributed by atoms with Crippen molar-refractivity contribution < 1.29 is 9.85 Å². The number of nitrogens with zero attached hydrogens (tertiary/aromatic N) is 10. The van der Waals surface area contributed by atoms with E-state index in [9.17, 15) is 20.2 Å². The van der Waals surface area contributed by atoms with Gasteiger partial charge in [-0.2, -0.15) is 0 Å². The van der Waals surface area contributed by atoms with Crippen LogP contribution in [0.4, 0.5) is 29.1 Å². The van der Waals surface area contributed by atoms with Crippen molar-refractivity contribution in [2.24, 2.45) is 0 Å². The molecule has 2 unspecified atom stereocenters. The summed E-state index contributed by atoms with van der Waals surface area (Å²) in [5.74, 6) is 2.09. The molecule has 3 aromatic heterocycles. The second kappa shape index (κ2) is 20.8. The van der Waals surface area contributed by atoms with Crippen LogP contribution in [0.3, 0.4) is 0 Å². The predicted octanol–water partition coefficient (Wildman–Crippen LogP) is 6.67. The molecule has 0 bridgehead atoms. The second-order valence-corrected chi connectivity index (χ2v) is 15.9. The molecule has 0 aromatic carbocycles. The molecule has 0 spiro atoms. The number of nitrogen functional groups attached to an aromatic ring is 1. The van der Waals surface area contributed by atoms with Gasteiger partial charge >= 0.3 is 11.6 Å². The Balaban J connectivity index is 0.000000132. The second-order valence-electron chi connectivity index (χ2n) is 15.6. The predicted molar refractivity (Wildman–Crippen MR) is 221 cm³/mol. The Morgan fingerprint density at radius 1 is 0.536 bits per heavy atom. The standard InChI is InChI=1S/C13H18N4O2.C13H20N4.C9H17N.C5H3ClN2O2/c18-17(19)13-5-3-4-12(14-13)16-9-6-11(10-16)15-7-1-2-8-15;14-12-4-3-5-13(15-12)17-9-6-11(10-17)16-7-1-2-8-16;1-2-6-9(5-1)10-7-3-4-8-10;6-4-2-1-3-5(7-4)8(9)10/h3-5,11H,1-2,6-10H2;3-5,11H,1-2,6-10H2,(H2,14,15);9H,1-8H2;1-3H. The largest absolute Gasteiger partial charge is 0.384 e. The van der Waals surface area contributed by atoms with Gasteiger partial charge in [-0.3, -0.25) is 9.80 Å².